The minimum absolute atomic E-state index is 0. The summed E-state index contributed by atoms with van der Waals surface area (Å²) in [6.07, 6.45) is 0.152. The summed E-state index contributed by atoms with van der Waals surface area (Å²) in [6, 6.07) is 15.8. The molecule has 4 aromatic carbocycles. The molecule has 0 aliphatic rings. The minimum Gasteiger partial charge on any atom is -0.870 e. The van der Waals surface area contributed by atoms with Crippen molar-refractivity contribution in [3.63, 3.8) is 0 Å². The molecule has 4 aromatic rings. The van der Waals surface area contributed by atoms with Crippen molar-refractivity contribution in [2.24, 2.45) is 10.2 Å². The molecule has 0 unspecified atom stereocenters. The van der Waals surface area contributed by atoms with E-state index in [0.29, 0.717) is 23.1 Å². The Morgan fingerprint density at radius 3 is 2.45 bits per heavy atom. The van der Waals surface area contributed by atoms with Crippen molar-refractivity contribution < 1.29 is 57.2 Å². The summed E-state index contributed by atoms with van der Waals surface area (Å²) in [5.74, 6) is -1.03. The Morgan fingerprint density at radius 2 is 1.77 bits per heavy atom. The van der Waals surface area contributed by atoms with Crippen LogP contribution < -0.4 is 44.7 Å². The van der Waals surface area contributed by atoms with Crippen molar-refractivity contribution in [1.29, 1.82) is 0 Å². The third kappa shape index (κ3) is 6.60. The third-order valence-electron chi connectivity index (χ3n) is 5.79. The Bertz CT molecular complexity index is 1730. The zero-order valence-electron chi connectivity index (χ0n) is 21.7. The normalized spacial score (nSPS) is 11.4. The predicted octanol–water partition coefficient (Wildman–Crippen LogP) is 4.10. The van der Waals surface area contributed by atoms with Crippen molar-refractivity contribution >= 4 is 67.1 Å². The number of hydrogen-bond acceptors (Lipinski definition) is 7. The first-order valence-corrected chi connectivity index (χ1v) is 13.9. The van der Waals surface area contributed by atoms with Gasteiger partial charge in [0, 0.05) is 16.5 Å². The van der Waals surface area contributed by atoms with Gasteiger partial charge in [0.15, 0.2) is 0 Å². The van der Waals surface area contributed by atoms with Crippen molar-refractivity contribution in [3.8, 4) is 11.5 Å². The summed E-state index contributed by atoms with van der Waals surface area (Å²) in [4.78, 5) is 12.8. The molecule has 0 spiro atoms. The molecule has 40 heavy (non-hydrogen) atoms. The summed E-state index contributed by atoms with van der Waals surface area (Å²) >= 11 is 12.4. The fourth-order valence-corrected chi connectivity index (χ4v) is 5.62. The first kappa shape index (κ1) is 31.8. The van der Waals surface area contributed by atoms with E-state index in [-0.39, 0.29) is 74.2 Å². The molecule has 0 aliphatic carbocycles. The summed E-state index contributed by atoms with van der Waals surface area (Å²) in [5, 5.41) is 25.4. The summed E-state index contributed by atoms with van der Waals surface area (Å²) < 4.78 is 39.0. The molecule has 0 aliphatic heterocycles. The Morgan fingerprint density at radius 1 is 1.05 bits per heavy atom. The van der Waals surface area contributed by atoms with Gasteiger partial charge in [0.1, 0.15) is 15.7 Å². The van der Waals surface area contributed by atoms with E-state index in [0.717, 1.165) is 0 Å². The van der Waals surface area contributed by atoms with Gasteiger partial charge in [-0.25, -0.2) is 0 Å². The van der Waals surface area contributed by atoms with Gasteiger partial charge in [0.2, 0.25) is 0 Å². The molecule has 202 valence electrons. The van der Waals surface area contributed by atoms with Crippen molar-refractivity contribution in [2.45, 2.75) is 25.2 Å². The van der Waals surface area contributed by atoms with Gasteiger partial charge >= 0.3 is 29.6 Å². The van der Waals surface area contributed by atoms with Crippen molar-refractivity contribution in [2.75, 3.05) is 11.9 Å². The van der Waals surface area contributed by atoms with E-state index in [4.69, 9.17) is 27.9 Å². The van der Waals surface area contributed by atoms with Crippen LogP contribution in [0.2, 0.25) is 10.0 Å². The Balaban J connectivity index is 0.00000441. The molecule has 4 rings (SSSR count). The first-order chi connectivity index (χ1) is 18.6. The fraction of sp³-hybridized carbons (Fsp3) is 0.148. The molecule has 1 amide bonds. The van der Waals surface area contributed by atoms with Crippen LogP contribution >= 0.6 is 23.2 Å². The quantitative estimate of drug-likeness (QED) is 0.175. The van der Waals surface area contributed by atoms with E-state index in [1.165, 1.54) is 18.2 Å². The second-order valence-corrected chi connectivity index (χ2v) is 10.4. The topological polar surface area (TPSA) is 140 Å². The number of halogens is 2. The van der Waals surface area contributed by atoms with Crippen molar-refractivity contribution in [3.05, 3.63) is 81.8 Å². The number of nitrogens with one attached hydrogen (secondary N) is 1. The van der Waals surface area contributed by atoms with Crippen LogP contribution in [0.5, 0.6) is 11.5 Å². The number of carbonyl (C=O) groups excluding carboxylic acids is 1. The van der Waals surface area contributed by atoms with Crippen LogP contribution in [0, 0.1) is 0 Å². The Labute approximate surface area is 263 Å². The van der Waals surface area contributed by atoms with Gasteiger partial charge in [0.05, 0.1) is 28.7 Å². The van der Waals surface area contributed by atoms with Crippen LogP contribution in [0.15, 0.2) is 75.8 Å². The van der Waals surface area contributed by atoms with Crippen molar-refractivity contribution in [1.82, 2.24) is 0 Å². The molecule has 0 bridgehead atoms. The number of azo groups is 1. The van der Waals surface area contributed by atoms with Crippen LogP contribution in [0.25, 0.3) is 10.8 Å². The molecule has 0 aromatic heterocycles. The van der Waals surface area contributed by atoms with Crippen LogP contribution in [0.3, 0.4) is 0 Å². The van der Waals surface area contributed by atoms with E-state index in [1.54, 1.807) is 56.3 Å². The predicted molar refractivity (Wildman–Crippen MR) is 149 cm³/mol. The molecular formula is C27H22Cl2N3NaO6S. The van der Waals surface area contributed by atoms with E-state index >= 15 is 0 Å². The number of fused-ring (bicyclic) bond motifs is 1. The maximum absolute atomic E-state index is 13.5. The number of hydrogen-bond donors (Lipinski definition) is 2. The van der Waals surface area contributed by atoms with Gasteiger partial charge in [-0.1, -0.05) is 66.2 Å². The molecule has 0 fully saturated rings. The summed E-state index contributed by atoms with van der Waals surface area (Å²) in [5.41, 5.74) is 0.147. The average molecular weight is 610 g/mol. The Kier molecular flexibility index (Phi) is 10.6. The molecule has 0 atom stereocenters. The monoisotopic (exact) mass is 609 g/mol. The maximum Gasteiger partial charge on any atom is 1.00 e. The zero-order valence-corrected chi connectivity index (χ0v) is 26.1. The maximum atomic E-state index is 13.5. The van der Waals surface area contributed by atoms with E-state index in [2.05, 4.69) is 15.5 Å². The first-order valence-electron chi connectivity index (χ1n) is 11.7. The summed E-state index contributed by atoms with van der Waals surface area (Å²) in [6.45, 7) is 3.83. The van der Waals surface area contributed by atoms with E-state index in [9.17, 15) is 22.9 Å². The van der Waals surface area contributed by atoms with Gasteiger partial charge in [0.25, 0.3) is 16.0 Å². The number of anilines is 1. The molecule has 0 radical (unpaired) electrons. The van der Waals surface area contributed by atoms with Crippen LogP contribution in [0.1, 0.15) is 29.8 Å². The second-order valence-electron chi connectivity index (χ2n) is 8.23. The zero-order chi connectivity index (χ0) is 28.3. The van der Waals surface area contributed by atoms with E-state index < -0.39 is 26.7 Å². The standard InChI is InChI=1S/C27H23Cl2N3O6S.Na/c1-3-16-20(13-12-19(28)26(16)39(35,36)37)31-32-24-17-9-6-5-8-15(17)14-18(25(24)33)27(34)30-21-10-7-11-22(23(21)29)38-4-2;/h5-14,33H,3-4H2,1-2H3,(H,30,34)(H,35,36,37);/q;+1/p-1. The van der Waals surface area contributed by atoms with E-state index in [1.807, 2.05) is 0 Å². The van der Waals surface area contributed by atoms with Gasteiger partial charge < -0.3 is 15.2 Å². The smallest absolute Gasteiger partial charge is 0.870 e. The SMILES string of the molecule is CCOc1cccc(NC(=O)c2cc3ccccc3c(N=Nc3ccc(Cl)c(S(=O)(=O)O)c3CC)c2[O-])c1Cl.[Na+]. The molecule has 0 saturated heterocycles. The van der Waals surface area contributed by atoms with Crippen LogP contribution in [0.4, 0.5) is 17.1 Å². The van der Waals surface area contributed by atoms with Crippen LogP contribution in [-0.4, -0.2) is 25.5 Å². The number of rotatable bonds is 8. The second kappa shape index (κ2) is 13.3. The molecule has 0 saturated carbocycles. The fourth-order valence-electron chi connectivity index (χ4n) is 4.05. The average Bonchev–Trinajstić information content (AvgIpc) is 2.89. The number of nitrogens with zero attached hydrogens (tertiary/aromatic N) is 2. The van der Waals surface area contributed by atoms with Gasteiger partial charge in [-0.15, -0.1) is 0 Å². The minimum atomic E-state index is -4.65. The molecule has 9 nitrogen and oxygen atoms in total. The molecular weight excluding hydrogens is 588 g/mol. The third-order valence-corrected chi connectivity index (χ3v) is 7.59. The number of benzene rings is 4. The summed E-state index contributed by atoms with van der Waals surface area (Å²) in [7, 11) is -4.65. The number of ether oxygens (including phenoxy) is 1. The number of amides is 1. The molecule has 2 N–H and O–H groups in total. The largest absolute Gasteiger partial charge is 1.00 e. The molecule has 0 heterocycles. The number of carbonyl (C=O) groups is 1. The van der Waals surface area contributed by atoms with Gasteiger partial charge in [-0.2, -0.15) is 18.6 Å². The van der Waals surface area contributed by atoms with Gasteiger partial charge in [-0.05, 0) is 49.1 Å². The molecule has 13 heteroatoms. The van der Waals surface area contributed by atoms with Gasteiger partial charge in [-0.3, -0.25) is 9.35 Å². The Hall–Kier alpha value is -2.70. The van der Waals surface area contributed by atoms with Crippen LogP contribution in [-0.2, 0) is 16.5 Å².